The normalized spacial score (nSPS) is 20.6. The second-order valence-electron chi connectivity index (χ2n) is 4.21. The van der Waals surface area contributed by atoms with Gasteiger partial charge in [-0.15, -0.1) is 0 Å². The standard InChI is InChI=1S/C13H19N/c1-2-14(11-7-4-8-12-14)13-9-5-3-6-10-13/h3,5-6,9-10H,1-2,4,7-8,11-12H2/q+1. The average molecular weight is 189 g/mol. The maximum absolute atomic E-state index is 4.13. The van der Waals surface area contributed by atoms with Crippen LogP contribution in [-0.4, -0.2) is 19.6 Å². The van der Waals surface area contributed by atoms with E-state index in [2.05, 4.69) is 37.3 Å². The molecule has 1 aromatic carbocycles. The molecule has 1 fully saturated rings. The summed E-state index contributed by atoms with van der Waals surface area (Å²) >= 11 is 0. The molecule has 0 amide bonds. The van der Waals surface area contributed by atoms with Crippen molar-refractivity contribution >= 4 is 5.69 Å². The van der Waals surface area contributed by atoms with E-state index in [9.17, 15) is 0 Å². The zero-order valence-electron chi connectivity index (χ0n) is 8.78. The van der Waals surface area contributed by atoms with Gasteiger partial charge in [0.05, 0.1) is 19.6 Å². The van der Waals surface area contributed by atoms with Crippen LogP contribution in [0.1, 0.15) is 19.3 Å². The molecule has 0 spiro atoms. The fourth-order valence-electron chi connectivity index (χ4n) is 2.47. The Labute approximate surface area is 86.9 Å². The van der Waals surface area contributed by atoms with E-state index < -0.39 is 0 Å². The molecule has 1 nitrogen and oxygen atoms in total. The Bertz CT molecular complexity index is 273. The number of hydrogen-bond donors (Lipinski definition) is 0. The lowest BCUT2D eigenvalue weighted by Gasteiger charge is -2.40. The monoisotopic (exact) mass is 189 g/mol. The van der Waals surface area contributed by atoms with Crippen LogP contribution in [0.4, 0.5) is 5.69 Å². The third-order valence-corrected chi connectivity index (χ3v) is 3.40. The van der Waals surface area contributed by atoms with Crippen molar-refractivity contribution in [1.82, 2.24) is 4.48 Å². The Morgan fingerprint density at radius 2 is 1.64 bits per heavy atom. The highest BCUT2D eigenvalue weighted by Gasteiger charge is 2.30. The maximum Gasteiger partial charge on any atom is 0.132 e. The molecule has 1 radical (unpaired) electrons. The lowest BCUT2D eigenvalue weighted by molar-refractivity contribution is 0.249. The SMILES string of the molecule is [CH2]C[N+]1(c2ccccc2)CCCCC1. The number of quaternary nitrogens is 1. The Morgan fingerprint density at radius 1 is 1.00 bits per heavy atom. The molecule has 0 N–H and O–H groups in total. The first kappa shape index (κ1) is 9.72. The van der Waals surface area contributed by atoms with Crippen molar-refractivity contribution in [1.29, 1.82) is 0 Å². The smallest absolute Gasteiger partial charge is 0.132 e. The quantitative estimate of drug-likeness (QED) is 0.627. The summed E-state index contributed by atoms with van der Waals surface area (Å²) in [5, 5.41) is 0. The highest BCUT2D eigenvalue weighted by atomic mass is 15.4. The summed E-state index contributed by atoms with van der Waals surface area (Å²) in [5.74, 6) is 0. The topological polar surface area (TPSA) is 0 Å². The van der Waals surface area contributed by atoms with Crippen LogP contribution in [0.5, 0.6) is 0 Å². The fourth-order valence-corrected chi connectivity index (χ4v) is 2.47. The molecule has 0 saturated carbocycles. The number of benzene rings is 1. The van der Waals surface area contributed by atoms with Crippen molar-refractivity contribution in [2.45, 2.75) is 19.3 Å². The molecule has 1 saturated heterocycles. The number of piperidine rings is 1. The van der Waals surface area contributed by atoms with Crippen LogP contribution >= 0.6 is 0 Å². The van der Waals surface area contributed by atoms with Crippen LogP contribution in [0.2, 0.25) is 0 Å². The second-order valence-corrected chi connectivity index (χ2v) is 4.21. The van der Waals surface area contributed by atoms with Gasteiger partial charge >= 0.3 is 0 Å². The van der Waals surface area contributed by atoms with Gasteiger partial charge in [0.2, 0.25) is 0 Å². The van der Waals surface area contributed by atoms with Crippen molar-refractivity contribution in [2.75, 3.05) is 19.6 Å². The molecular weight excluding hydrogens is 170 g/mol. The summed E-state index contributed by atoms with van der Waals surface area (Å²) in [7, 11) is 0. The highest BCUT2D eigenvalue weighted by molar-refractivity contribution is 5.42. The van der Waals surface area contributed by atoms with Crippen LogP contribution in [0.15, 0.2) is 30.3 Å². The molecule has 1 aromatic rings. The third kappa shape index (κ3) is 1.69. The van der Waals surface area contributed by atoms with E-state index >= 15 is 0 Å². The second kappa shape index (κ2) is 4.14. The minimum absolute atomic E-state index is 0.990. The third-order valence-electron chi connectivity index (χ3n) is 3.40. The van der Waals surface area contributed by atoms with E-state index in [-0.39, 0.29) is 0 Å². The van der Waals surface area contributed by atoms with E-state index in [1.165, 1.54) is 38.0 Å². The van der Waals surface area contributed by atoms with Gasteiger partial charge in [-0.25, -0.2) is 0 Å². The molecule has 14 heavy (non-hydrogen) atoms. The Morgan fingerprint density at radius 3 is 2.21 bits per heavy atom. The van der Waals surface area contributed by atoms with Crippen molar-refractivity contribution in [3.63, 3.8) is 0 Å². The first-order chi connectivity index (χ1) is 6.87. The predicted octanol–water partition coefficient (Wildman–Crippen LogP) is 3.01. The summed E-state index contributed by atoms with van der Waals surface area (Å²) in [6, 6.07) is 10.9. The first-order valence-corrected chi connectivity index (χ1v) is 5.58. The minimum Gasteiger partial charge on any atom is -0.291 e. The molecule has 75 valence electrons. The Hall–Kier alpha value is -0.820. The van der Waals surface area contributed by atoms with E-state index in [4.69, 9.17) is 0 Å². The van der Waals surface area contributed by atoms with Gasteiger partial charge in [-0.2, -0.15) is 0 Å². The molecule has 1 aliphatic rings. The largest absolute Gasteiger partial charge is 0.291 e. The van der Waals surface area contributed by atoms with Crippen LogP contribution in [-0.2, 0) is 0 Å². The highest BCUT2D eigenvalue weighted by Crippen LogP contribution is 2.27. The molecule has 1 aliphatic heterocycles. The average Bonchev–Trinajstić information content (AvgIpc) is 2.31. The summed E-state index contributed by atoms with van der Waals surface area (Å²) in [5.41, 5.74) is 1.45. The van der Waals surface area contributed by atoms with Gasteiger partial charge in [0, 0.05) is 6.92 Å². The van der Waals surface area contributed by atoms with Crippen molar-refractivity contribution in [3.8, 4) is 0 Å². The zero-order chi connectivity index (χ0) is 9.86. The molecule has 0 aromatic heterocycles. The predicted molar refractivity (Wildman–Crippen MR) is 62.0 cm³/mol. The van der Waals surface area contributed by atoms with Crippen molar-refractivity contribution in [2.24, 2.45) is 0 Å². The molecule has 0 aliphatic carbocycles. The van der Waals surface area contributed by atoms with Crippen LogP contribution < -0.4 is 4.48 Å². The lowest BCUT2D eigenvalue weighted by atomic mass is 10.1. The molecule has 1 heteroatoms. The molecule has 0 bridgehead atoms. The number of para-hydroxylation sites is 1. The van der Waals surface area contributed by atoms with Gasteiger partial charge < -0.3 is 0 Å². The van der Waals surface area contributed by atoms with Crippen LogP contribution in [0.25, 0.3) is 0 Å². The van der Waals surface area contributed by atoms with E-state index in [1.54, 1.807) is 0 Å². The van der Waals surface area contributed by atoms with Crippen LogP contribution in [0, 0.1) is 6.92 Å². The molecular formula is C13H19N+. The van der Waals surface area contributed by atoms with Gasteiger partial charge in [-0.1, -0.05) is 18.2 Å². The van der Waals surface area contributed by atoms with Gasteiger partial charge in [0.25, 0.3) is 0 Å². The maximum atomic E-state index is 4.13. The van der Waals surface area contributed by atoms with Gasteiger partial charge in [0.15, 0.2) is 0 Å². The van der Waals surface area contributed by atoms with Gasteiger partial charge in [0.1, 0.15) is 5.69 Å². The van der Waals surface area contributed by atoms with E-state index in [0.29, 0.717) is 0 Å². The first-order valence-electron chi connectivity index (χ1n) is 5.58. The van der Waals surface area contributed by atoms with Gasteiger partial charge in [-0.05, 0) is 31.4 Å². The molecule has 0 unspecified atom stereocenters. The van der Waals surface area contributed by atoms with Crippen molar-refractivity contribution < 1.29 is 0 Å². The zero-order valence-corrected chi connectivity index (χ0v) is 8.78. The number of rotatable bonds is 2. The fraction of sp³-hybridized carbons (Fsp3) is 0.462. The summed E-state index contributed by atoms with van der Waals surface area (Å²) < 4.78 is 1.10. The summed E-state index contributed by atoms with van der Waals surface area (Å²) in [6.07, 6.45) is 4.10. The van der Waals surface area contributed by atoms with E-state index in [0.717, 1.165) is 11.0 Å². The Balaban J connectivity index is 2.27. The molecule has 2 rings (SSSR count). The Kier molecular flexibility index (Phi) is 2.87. The molecule has 0 atom stereocenters. The number of nitrogens with zero attached hydrogens (tertiary/aromatic N) is 1. The summed E-state index contributed by atoms with van der Waals surface area (Å²) in [6.45, 7) is 7.66. The van der Waals surface area contributed by atoms with Crippen molar-refractivity contribution in [3.05, 3.63) is 37.3 Å². The van der Waals surface area contributed by atoms with Gasteiger partial charge in [-0.3, -0.25) is 4.48 Å². The van der Waals surface area contributed by atoms with E-state index in [1.807, 2.05) is 0 Å². The minimum atomic E-state index is 0.990. The summed E-state index contributed by atoms with van der Waals surface area (Å²) in [4.78, 5) is 0. The number of hydrogen-bond acceptors (Lipinski definition) is 0. The molecule has 1 heterocycles. The number of likely N-dealkylation sites (tertiary alicyclic amines) is 1. The lowest BCUT2D eigenvalue weighted by Crippen LogP contribution is -2.52. The van der Waals surface area contributed by atoms with Crippen LogP contribution in [0.3, 0.4) is 0 Å².